The van der Waals surface area contributed by atoms with Crippen LogP contribution < -0.4 is 5.32 Å². The first-order valence-corrected chi connectivity index (χ1v) is 8.93. The molecule has 4 heteroatoms. The van der Waals surface area contributed by atoms with E-state index in [0.29, 0.717) is 5.92 Å². The monoisotopic (exact) mass is 343 g/mol. The van der Waals surface area contributed by atoms with Crippen molar-refractivity contribution in [3.63, 3.8) is 0 Å². The van der Waals surface area contributed by atoms with Crippen LogP contribution in [0.4, 0.5) is 8.78 Å². The van der Waals surface area contributed by atoms with E-state index in [1.165, 1.54) is 12.5 Å². The van der Waals surface area contributed by atoms with Crippen LogP contribution in [0.3, 0.4) is 0 Å². The second-order valence-corrected chi connectivity index (χ2v) is 6.79. The minimum Gasteiger partial charge on any atom is -0.349 e. The normalized spacial score (nSPS) is 16.4. The Morgan fingerprint density at radius 1 is 1.04 bits per heavy atom. The van der Waals surface area contributed by atoms with Gasteiger partial charge in [-0.3, -0.25) is 4.79 Å². The minimum atomic E-state index is -0.820. The third-order valence-electron chi connectivity index (χ3n) is 5.01. The van der Waals surface area contributed by atoms with Gasteiger partial charge in [0.25, 0.3) is 5.91 Å². The van der Waals surface area contributed by atoms with Crippen LogP contribution in [0.25, 0.3) is 0 Å². The van der Waals surface area contributed by atoms with Gasteiger partial charge in [-0.05, 0) is 42.9 Å². The van der Waals surface area contributed by atoms with Gasteiger partial charge in [-0.2, -0.15) is 0 Å². The summed E-state index contributed by atoms with van der Waals surface area (Å²) in [6, 6.07) is 13.0. The Labute approximate surface area is 147 Å². The van der Waals surface area contributed by atoms with E-state index in [1.54, 1.807) is 0 Å². The summed E-state index contributed by atoms with van der Waals surface area (Å²) >= 11 is 0. The summed E-state index contributed by atoms with van der Waals surface area (Å²) in [5.74, 6) is -1.58. The van der Waals surface area contributed by atoms with Crippen LogP contribution in [-0.2, 0) is 6.42 Å². The molecule has 1 atom stereocenters. The van der Waals surface area contributed by atoms with Crippen LogP contribution >= 0.6 is 0 Å². The first-order valence-electron chi connectivity index (χ1n) is 8.93. The molecule has 0 radical (unpaired) electrons. The van der Waals surface area contributed by atoms with Gasteiger partial charge in [0.15, 0.2) is 0 Å². The molecule has 2 aromatic carbocycles. The number of carbonyl (C=O) groups is 1. The first-order chi connectivity index (χ1) is 12.1. The Balaban J connectivity index is 1.77. The highest BCUT2D eigenvalue weighted by atomic mass is 19.1. The fourth-order valence-electron chi connectivity index (χ4n) is 3.66. The highest BCUT2D eigenvalue weighted by Crippen LogP contribution is 2.28. The van der Waals surface area contributed by atoms with Crippen molar-refractivity contribution >= 4 is 5.91 Å². The quantitative estimate of drug-likeness (QED) is 0.823. The van der Waals surface area contributed by atoms with E-state index in [4.69, 9.17) is 0 Å². The molecule has 1 aliphatic rings. The van der Waals surface area contributed by atoms with Gasteiger partial charge in [-0.1, -0.05) is 49.6 Å². The summed E-state index contributed by atoms with van der Waals surface area (Å²) in [7, 11) is 0. The molecule has 1 aliphatic carbocycles. The molecule has 132 valence electrons. The molecule has 0 saturated heterocycles. The Bertz CT molecular complexity index is 711. The van der Waals surface area contributed by atoms with Crippen molar-refractivity contribution in [2.45, 2.75) is 44.6 Å². The van der Waals surface area contributed by atoms with Gasteiger partial charge in [0.1, 0.15) is 11.6 Å². The number of carbonyl (C=O) groups excluding carboxylic acids is 1. The fourth-order valence-corrected chi connectivity index (χ4v) is 3.66. The van der Waals surface area contributed by atoms with E-state index in [1.807, 2.05) is 30.3 Å². The third-order valence-corrected chi connectivity index (χ3v) is 5.01. The molecule has 0 aromatic heterocycles. The maximum Gasteiger partial charge on any atom is 0.254 e. The molecule has 0 aliphatic heterocycles. The topological polar surface area (TPSA) is 29.1 Å². The average molecular weight is 343 g/mol. The van der Waals surface area contributed by atoms with Crippen molar-refractivity contribution in [1.29, 1.82) is 0 Å². The smallest absolute Gasteiger partial charge is 0.254 e. The van der Waals surface area contributed by atoms with Crippen molar-refractivity contribution in [2.75, 3.05) is 0 Å². The summed E-state index contributed by atoms with van der Waals surface area (Å²) in [5.41, 5.74) is 1.05. The highest BCUT2D eigenvalue weighted by molar-refractivity contribution is 5.94. The molecule has 1 fully saturated rings. The molecule has 1 saturated carbocycles. The lowest BCUT2D eigenvalue weighted by molar-refractivity contribution is 0.0908. The third kappa shape index (κ3) is 4.65. The summed E-state index contributed by atoms with van der Waals surface area (Å²) in [6.07, 6.45) is 6.43. The molecular weight excluding hydrogens is 320 g/mol. The second-order valence-electron chi connectivity index (χ2n) is 6.79. The predicted molar refractivity (Wildman–Crippen MR) is 94.3 cm³/mol. The number of rotatable bonds is 5. The highest BCUT2D eigenvalue weighted by Gasteiger charge is 2.26. The van der Waals surface area contributed by atoms with E-state index in [9.17, 15) is 13.6 Å². The van der Waals surface area contributed by atoms with E-state index >= 15 is 0 Å². The number of hydrogen-bond acceptors (Lipinski definition) is 1. The summed E-state index contributed by atoms with van der Waals surface area (Å²) in [4.78, 5) is 12.5. The molecule has 2 aromatic rings. The minimum absolute atomic E-state index is 0.0420. The fraction of sp³-hybridized carbons (Fsp3) is 0.381. The van der Waals surface area contributed by atoms with Crippen molar-refractivity contribution in [1.82, 2.24) is 5.32 Å². The van der Waals surface area contributed by atoms with Gasteiger partial charge in [0.05, 0.1) is 5.56 Å². The lowest BCUT2D eigenvalue weighted by Crippen LogP contribution is -2.43. The van der Waals surface area contributed by atoms with Gasteiger partial charge >= 0.3 is 0 Å². The first kappa shape index (κ1) is 17.6. The Morgan fingerprint density at radius 2 is 1.76 bits per heavy atom. The number of benzene rings is 2. The van der Waals surface area contributed by atoms with E-state index in [-0.39, 0.29) is 11.6 Å². The molecular formula is C21H23F2NO. The lowest BCUT2D eigenvalue weighted by Gasteiger charge is -2.31. The molecule has 2 nitrogen and oxygen atoms in total. The zero-order valence-electron chi connectivity index (χ0n) is 14.2. The van der Waals surface area contributed by atoms with E-state index in [2.05, 4.69) is 5.32 Å². The van der Waals surface area contributed by atoms with Crippen LogP contribution in [0.15, 0.2) is 48.5 Å². The number of nitrogens with one attached hydrogen (secondary N) is 1. The summed E-state index contributed by atoms with van der Waals surface area (Å²) in [6.45, 7) is 0. The Hall–Kier alpha value is -2.23. The number of halogens is 2. The van der Waals surface area contributed by atoms with Crippen LogP contribution in [0, 0.1) is 17.6 Å². The van der Waals surface area contributed by atoms with Crippen molar-refractivity contribution in [2.24, 2.45) is 5.92 Å². The molecule has 3 rings (SSSR count). The SMILES string of the molecule is O=C(NC(Cc1ccccc1)C1CCCCC1)c1ccc(F)cc1F. The Kier molecular flexibility index (Phi) is 5.79. The van der Waals surface area contributed by atoms with Gasteiger partial charge in [-0.15, -0.1) is 0 Å². The van der Waals surface area contributed by atoms with Crippen molar-refractivity contribution in [3.8, 4) is 0 Å². The van der Waals surface area contributed by atoms with Crippen LogP contribution in [-0.4, -0.2) is 11.9 Å². The molecule has 1 amide bonds. The molecule has 0 bridgehead atoms. The zero-order chi connectivity index (χ0) is 17.6. The van der Waals surface area contributed by atoms with Gasteiger partial charge < -0.3 is 5.32 Å². The molecule has 0 heterocycles. The van der Waals surface area contributed by atoms with Crippen LogP contribution in [0.5, 0.6) is 0 Å². The predicted octanol–water partition coefficient (Wildman–Crippen LogP) is 4.89. The van der Waals surface area contributed by atoms with Crippen molar-refractivity contribution in [3.05, 3.63) is 71.3 Å². The second kappa shape index (κ2) is 8.24. The average Bonchev–Trinajstić information content (AvgIpc) is 2.62. The van der Waals surface area contributed by atoms with E-state index < -0.39 is 17.5 Å². The van der Waals surface area contributed by atoms with E-state index in [0.717, 1.165) is 49.8 Å². The molecule has 0 spiro atoms. The largest absolute Gasteiger partial charge is 0.349 e. The van der Waals surface area contributed by atoms with Gasteiger partial charge in [-0.25, -0.2) is 8.78 Å². The van der Waals surface area contributed by atoms with Crippen molar-refractivity contribution < 1.29 is 13.6 Å². The lowest BCUT2D eigenvalue weighted by atomic mass is 9.81. The molecule has 1 N–H and O–H groups in total. The molecule has 1 unspecified atom stereocenters. The summed E-state index contributed by atoms with van der Waals surface area (Å²) < 4.78 is 27.0. The van der Waals surface area contributed by atoms with Crippen LogP contribution in [0.2, 0.25) is 0 Å². The zero-order valence-corrected chi connectivity index (χ0v) is 14.2. The molecule has 25 heavy (non-hydrogen) atoms. The van der Waals surface area contributed by atoms with Gasteiger partial charge in [0.2, 0.25) is 0 Å². The van der Waals surface area contributed by atoms with Gasteiger partial charge in [0, 0.05) is 12.1 Å². The maximum absolute atomic E-state index is 13.9. The maximum atomic E-state index is 13.9. The Morgan fingerprint density at radius 3 is 2.44 bits per heavy atom. The number of amides is 1. The standard InChI is InChI=1S/C21H23F2NO/c22-17-11-12-18(19(23)14-17)21(25)24-20(16-9-5-2-6-10-16)13-15-7-3-1-4-8-15/h1,3-4,7-8,11-12,14,16,20H,2,5-6,9-10,13H2,(H,24,25). The van der Waals surface area contributed by atoms with Crippen LogP contribution in [0.1, 0.15) is 48.0 Å². The summed E-state index contributed by atoms with van der Waals surface area (Å²) in [5, 5.41) is 3.01. The number of hydrogen-bond donors (Lipinski definition) is 1.